The number of hydrogen-bond donors (Lipinski definition) is 2. The van der Waals surface area contributed by atoms with Crippen LogP contribution in [0.1, 0.15) is 21.5 Å². The predicted octanol–water partition coefficient (Wildman–Crippen LogP) is 5.80. The number of nitrogens with zero attached hydrogens (tertiary/aromatic N) is 1. The Labute approximate surface area is 178 Å². The number of imide groups is 1. The lowest BCUT2D eigenvalue weighted by Gasteiger charge is -2.11. The van der Waals surface area contributed by atoms with E-state index in [0.29, 0.717) is 26.7 Å². The van der Waals surface area contributed by atoms with Gasteiger partial charge in [-0.3, -0.25) is 15.4 Å². The molecule has 3 amide bonds. The first kappa shape index (κ1) is 21.5. The van der Waals surface area contributed by atoms with E-state index in [1.807, 2.05) is 0 Å². The fraction of sp³-hybridized carbons (Fsp3) is 0.0952. The zero-order valence-corrected chi connectivity index (χ0v) is 17.1. The molecule has 5 nitrogen and oxygen atoms in total. The van der Waals surface area contributed by atoms with E-state index in [9.17, 15) is 22.8 Å². The van der Waals surface area contributed by atoms with E-state index < -0.39 is 23.7 Å². The lowest BCUT2D eigenvalue weighted by Crippen LogP contribution is -2.34. The second-order valence-corrected chi connectivity index (χ2v) is 7.20. The molecule has 154 valence electrons. The van der Waals surface area contributed by atoms with Crippen LogP contribution in [-0.2, 0) is 6.18 Å². The molecule has 0 fully saturated rings. The van der Waals surface area contributed by atoms with Crippen LogP contribution in [0.3, 0.4) is 0 Å². The lowest BCUT2D eigenvalue weighted by molar-refractivity contribution is -0.137. The molecule has 1 heterocycles. The number of urea groups is 1. The third-order valence-electron chi connectivity index (χ3n) is 4.22. The van der Waals surface area contributed by atoms with Gasteiger partial charge < -0.3 is 0 Å². The monoisotopic (exact) mass is 477 g/mol. The minimum absolute atomic E-state index is 0.195. The Morgan fingerprint density at radius 2 is 1.70 bits per heavy atom. The highest BCUT2D eigenvalue weighted by molar-refractivity contribution is 9.10. The first-order valence-corrected chi connectivity index (χ1v) is 9.45. The summed E-state index contributed by atoms with van der Waals surface area (Å²) in [4.78, 5) is 28.4. The van der Waals surface area contributed by atoms with Gasteiger partial charge in [-0.05, 0) is 64.3 Å². The summed E-state index contributed by atoms with van der Waals surface area (Å²) in [5.41, 5.74) is 1.44. The van der Waals surface area contributed by atoms with Crippen molar-refractivity contribution in [2.24, 2.45) is 0 Å². The van der Waals surface area contributed by atoms with Crippen LogP contribution in [-0.4, -0.2) is 16.9 Å². The number of hydrogen-bond acceptors (Lipinski definition) is 3. The van der Waals surface area contributed by atoms with Gasteiger partial charge in [0.1, 0.15) is 5.82 Å². The minimum atomic E-state index is -4.40. The average molecular weight is 478 g/mol. The molecule has 0 unspecified atom stereocenters. The Bertz CT molecular complexity index is 1100. The SMILES string of the molecule is Cc1cc(NC(=O)NC(=O)c2ccccc2Br)ncc1-c1ccc(C(F)(F)F)cc1. The number of aromatic nitrogens is 1. The lowest BCUT2D eigenvalue weighted by atomic mass is 10.0. The van der Waals surface area contributed by atoms with Crippen LogP contribution in [0.2, 0.25) is 0 Å². The highest BCUT2D eigenvalue weighted by Crippen LogP contribution is 2.31. The second-order valence-electron chi connectivity index (χ2n) is 6.35. The molecule has 0 spiro atoms. The van der Waals surface area contributed by atoms with Crippen molar-refractivity contribution in [2.45, 2.75) is 13.1 Å². The first-order valence-electron chi connectivity index (χ1n) is 8.66. The number of carbonyl (C=O) groups excluding carboxylic acids is 2. The molecule has 1 aromatic heterocycles. The molecule has 2 aromatic carbocycles. The van der Waals surface area contributed by atoms with Crippen molar-refractivity contribution in [3.05, 3.63) is 82.0 Å². The Morgan fingerprint density at radius 1 is 1.03 bits per heavy atom. The van der Waals surface area contributed by atoms with E-state index in [2.05, 4.69) is 31.5 Å². The largest absolute Gasteiger partial charge is 0.416 e. The standard InChI is InChI=1S/C21H15BrF3N3O2/c1-12-10-18(27-20(30)28-19(29)15-4-2-3-5-17(15)22)26-11-16(12)13-6-8-14(9-7-13)21(23,24)25/h2-11H,1H3,(H2,26,27,28,29,30). The number of amides is 3. The molecule has 0 atom stereocenters. The average Bonchev–Trinajstić information content (AvgIpc) is 2.67. The second kappa shape index (κ2) is 8.66. The summed E-state index contributed by atoms with van der Waals surface area (Å²) in [6, 6.07) is 12.2. The van der Waals surface area contributed by atoms with Crippen molar-refractivity contribution in [3.8, 4) is 11.1 Å². The third kappa shape index (κ3) is 5.04. The highest BCUT2D eigenvalue weighted by Gasteiger charge is 2.30. The van der Waals surface area contributed by atoms with Gasteiger partial charge in [0.15, 0.2) is 0 Å². The van der Waals surface area contributed by atoms with Crippen LogP contribution >= 0.6 is 15.9 Å². The van der Waals surface area contributed by atoms with Gasteiger partial charge in [-0.15, -0.1) is 0 Å². The maximum absolute atomic E-state index is 12.7. The maximum atomic E-state index is 12.7. The summed E-state index contributed by atoms with van der Waals surface area (Å²) < 4.78 is 38.7. The number of halogens is 4. The van der Waals surface area contributed by atoms with E-state index in [4.69, 9.17) is 0 Å². The Balaban J connectivity index is 1.70. The molecular weight excluding hydrogens is 463 g/mol. The fourth-order valence-corrected chi connectivity index (χ4v) is 3.19. The molecule has 9 heteroatoms. The molecule has 3 rings (SSSR count). The normalized spacial score (nSPS) is 11.1. The molecule has 0 bridgehead atoms. The number of rotatable bonds is 3. The summed E-state index contributed by atoms with van der Waals surface area (Å²) in [5, 5.41) is 4.67. The van der Waals surface area contributed by atoms with E-state index >= 15 is 0 Å². The van der Waals surface area contributed by atoms with Gasteiger partial charge in [0.2, 0.25) is 0 Å². The van der Waals surface area contributed by atoms with Gasteiger partial charge in [-0.25, -0.2) is 9.78 Å². The van der Waals surface area contributed by atoms with Crippen LogP contribution < -0.4 is 10.6 Å². The molecule has 30 heavy (non-hydrogen) atoms. The first-order chi connectivity index (χ1) is 14.1. The van der Waals surface area contributed by atoms with E-state index in [1.165, 1.54) is 18.3 Å². The molecule has 0 saturated heterocycles. The smallest absolute Gasteiger partial charge is 0.292 e. The number of nitrogens with one attached hydrogen (secondary N) is 2. The van der Waals surface area contributed by atoms with Crippen LogP contribution in [0.4, 0.5) is 23.8 Å². The quantitative estimate of drug-likeness (QED) is 0.500. The Hall–Kier alpha value is -3.20. The van der Waals surface area contributed by atoms with Crippen molar-refractivity contribution in [1.82, 2.24) is 10.3 Å². The number of aryl methyl sites for hydroxylation is 1. The van der Waals surface area contributed by atoms with Crippen LogP contribution in [0.15, 0.2) is 65.3 Å². The number of anilines is 1. The van der Waals surface area contributed by atoms with Crippen molar-refractivity contribution in [1.29, 1.82) is 0 Å². The van der Waals surface area contributed by atoms with Crippen molar-refractivity contribution >= 4 is 33.7 Å². The van der Waals surface area contributed by atoms with E-state index in [-0.39, 0.29) is 5.82 Å². The molecule has 0 saturated carbocycles. The van der Waals surface area contributed by atoms with Gasteiger partial charge in [0, 0.05) is 16.2 Å². The summed E-state index contributed by atoms with van der Waals surface area (Å²) in [7, 11) is 0. The van der Waals surface area contributed by atoms with E-state index in [1.54, 1.807) is 37.3 Å². The van der Waals surface area contributed by atoms with Crippen LogP contribution in [0, 0.1) is 6.92 Å². The van der Waals surface area contributed by atoms with Crippen molar-refractivity contribution in [2.75, 3.05) is 5.32 Å². The Kier molecular flexibility index (Phi) is 6.21. The van der Waals surface area contributed by atoms with Crippen LogP contribution in [0.5, 0.6) is 0 Å². The summed E-state index contributed by atoms with van der Waals surface area (Å²) in [6.07, 6.45) is -2.96. The number of carbonyl (C=O) groups is 2. The molecule has 0 aliphatic rings. The molecule has 0 aliphatic carbocycles. The van der Waals surface area contributed by atoms with Crippen LogP contribution in [0.25, 0.3) is 11.1 Å². The van der Waals surface area contributed by atoms with Gasteiger partial charge >= 0.3 is 12.2 Å². The molecular formula is C21H15BrF3N3O2. The number of pyridine rings is 1. The van der Waals surface area contributed by atoms with Crippen molar-refractivity contribution < 1.29 is 22.8 Å². The highest BCUT2D eigenvalue weighted by atomic mass is 79.9. The summed E-state index contributed by atoms with van der Waals surface area (Å²) in [5.74, 6) is -0.390. The topological polar surface area (TPSA) is 71.1 Å². The fourth-order valence-electron chi connectivity index (χ4n) is 2.73. The van der Waals surface area contributed by atoms with Gasteiger partial charge in [-0.2, -0.15) is 13.2 Å². The maximum Gasteiger partial charge on any atom is 0.416 e. The zero-order valence-electron chi connectivity index (χ0n) is 15.5. The third-order valence-corrected chi connectivity index (χ3v) is 4.91. The minimum Gasteiger partial charge on any atom is -0.292 e. The molecule has 2 N–H and O–H groups in total. The van der Waals surface area contributed by atoms with Gasteiger partial charge in [-0.1, -0.05) is 24.3 Å². The summed E-state index contributed by atoms with van der Waals surface area (Å²) in [6.45, 7) is 1.74. The number of alkyl halides is 3. The predicted molar refractivity (Wildman–Crippen MR) is 110 cm³/mol. The Morgan fingerprint density at radius 3 is 2.30 bits per heavy atom. The molecule has 3 aromatic rings. The van der Waals surface area contributed by atoms with E-state index in [0.717, 1.165) is 12.1 Å². The number of benzene rings is 2. The molecule has 0 radical (unpaired) electrons. The van der Waals surface area contributed by atoms with Gasteiger partial charge in [0.05, 0.1) is 11.1 Å². The molecule has 0 aliphatic heterocycles. The summed E-state index contributed by atoms with van der Waals surface area (Å²) >= 11 is 3.24. The van der Waals surface area contributed by atoms with Crippen molar-refractivity contribution in [3.63, 3.8) is 0 Å². The van der Waals surface area contributed by atoms with Gasteiger partial charge in [0.25, 0.3) is 5.91 Å². The zero-order chi connectivity index (χ0) is 21.9.